The SMILES string of the molecule is COC1C=C2C(CO)=C[C@@H]3[C@H](CC[C@@]4(C)[C@H]3CC[C@]4(OC(C)=O)C(C)=O)[C@@]2(C)CC1. The quantitative estimate of drug-likeness (QED) is 0.702. The van der Waals surface area contributed by atoms with Gasteiger partial charge in [-0.15, -0.1) is 0 Å². The fraction of sp³-hybridized carbons (Fsp3) is 0.760. The van der Waals surface area contributed by atoms with Crippen molar-refractivity contribution >= 4 is 11.8 Å². The van der Waals surface area contributed by atoms with Crippen molar-refractivity contribution in [1.82, 2.24) is 0 Å². The van der Waals surface area contributed by atoms with E-state index < -0.39 is 5.60 Å². The largest absolute Gasteiger partial charge is 0.451 e. The lowest BCUT2D eigenvalue weighted by Crippen LogP contribution is -2.58. The highest BCUT2D eigenvalue weighted by Gasteiger charge is 2.67. The third-order valence-electron chi connectivity index (χ3n) is 9.29. The van der Waals surface area contributed by atoms with Crippen LogP contribution in [0.25, 0.3) is 0 Å². The Balaban J connectivity index is 1.79. The third kappa shape index (κ3) is 2.81. The molecule has 0 heterocycles. The summed E-state index contributed by atoms with van der Waals surface area (Å²) in [4.78, 5) is 24.8. The van der Waals surface area contributed by atoms with E-state index in [1.165, 1.54) is 12.5 Å². The van der Waals surface area contributed by atoms with E-state index in [9.17, 15) is 14.7 Å². The number of ketones is 1. The van der Waals surface area contributed by atoms with Crippen LogP contribution in [-0.2, 0) is 19.1 Å². The number of hydrogen-bond acceptors (Lipinski definition) is 5. The summed E-state index contributed by atoms with van der Waals surface area (Å²) in [6.45, 7) is 7.52. The summed E-state index contributed by atoms with van der Waals surface area (Å²) >= 11 is 0. The molecule has 4 aliphatic rings. The molecule has 7 atom stereocenters. The van der Waals surface area contributed by atoms with Crippen LogP contribution in [0.5, 0.6) is 0 Å². The number of ether oxygens (including phenoxy) is 2. The Morgan fingerprint density at radius 2 is 1.77 bits per heavy atom. The highest BCUT2D eigenvalue weighted by atomic mass is 16.6. The Labute approximate surface area is 179 Å². The van der Waals surface area contributed by atoms with Crippen molar-refractivity contribution in [2.45, 2.75) is 77.9 Å². The normalized spacial score (nSPS) is 44.9. The van der Waals surface area contributed by atoms with E-state index in [2.05, 4.69) is 26.0 Å². The van der Waals surface area contributed by atoms with Crippen LogP contribution in [0.4, 0.5) is 0 Å². The lowest BCUT2D eigenvalue weighted by Gasteiger charge is -2.58. The average Bonchev–Trinajstić information content (AvgIpc) is 3.00. The number of hydrogen-bond donors (Lipinski definition) is 1. The van der Waals surface area contributed by atoms with Gasteiger partial charge in [0.05, 0.1) is 12.7 Å². The van der Waals surface area contributed by atoms with Gasteiger partial charge >= 0.3 is 5.97 Å². The van der Waals surface area contributed by atoms with Gasteiger partial charge in [0.25, 0.3) is 0 Å². The Kier molecular flexibility index (Phi) is 5.30. The standard InChI is InChI=1S/C25H36O5/c1-15(27)25(30-16(2)28)11-8-21-19-12-17(14-26)22-13-18(29-5)6-9-23(22,3)20(19)7-10-24(21,25)4/h12-13,18-21,26H,6-11,14H2,1-5H3/t18?,19-,20+,21+,23-,24+,25+/m1/s1. The van der Waals surface area contributed by atoms with E-state index in [4.69, 9.17) is 9.47 Å². The Morgan fingerprint density at radius 3 is 2.37 bits per heavy atom. The molecule has 166 valence electrons. The minimum Gasteiger partial charge on any atom is -0.451 e. The monoisotopic (exact) mass is 416 g/mol. The number of fused-ring (bicyclic) bond motifs is 5. The molecule has 0 amide bonds. The van der Waals surface area contributed by atoms with Crippen LogP contribution in [0.1, 0.15) is 66.2 Å². The molecular formula is C25H36O5. The van der Waals surface area contributed by atoms with Gasteiger partial charge < -0.3 is 14.6 Å². The third-order valence-corrected chi connectivity index (χ3v) is 9.29. The molecule has 4 rings (SSSR count). The fourth-order valence-corrected chi connectivity index (χ4v) is 7.77. The Morgan fingerprint density at radius 1 is 1.07 bits per heavy atom. The minimum absolute atomic E-state index is 0.0107. The number of Topliss-reactive ketones (excluding diaryl/α,β-unsaturated/α-hetero) is 1. The van der Waals surface area contributed by atoms with Crippen molar-refractivity contribution < 1.29 is 24.2 Å². The second kappa shape index (κ2) is 7.30. The van der Waals surface area contributed by atoms with Crippen LogP contribution in [0, 0.1) is 28.6 Å². The summed E-state index contributed by atoms with van der Waals surface area (Å²) in [6.07, 6.45) is 9.99. The summed E-state index contributed by atoms with van der Waals surface area (Å²) in [7, 11) is 1.75. The summed E-state index contributed by atoms with van der Waals surface area (Å²) in [6, 6.07) is 0. The van der Waals surface area contributed by atoms with Gasteiger partial charge in [0.15, 0.2) is 11.4 Å². The number of aliphatic hydroxyl groups is 1. The molecule has 0 aromatic heterocycles. The number of methoxy groups -OCH3 is 1. The second-order valence-corrected chi connectivity index (χ2v) is 10.4. The summed E-state index contributed by atoms with van der Waals surface area (Å²) in [5.74, 6) is 0.605. The van der Waals surface area contributed by atoms with Gasteiger partial charge in [-0.05, 0) is 79.8 Å². The van der Waals surface area contributed by atoms with Gasteiger partial charge in [-0.1, -0.05) is 26.0 Å². The number of carbonyl (C=O) groups is 2. The van der Waals surface area contributed by atoms with Gasteiger partial charge in [0, 0.05) is 19.4 Å². The van der Waals surface area contributed by atoms with Crippen molar-refractivity contribution in [3.63, 3.8) is 0 Å². The van der Waals surface area contributed by atoms with E-state index in [1.54, 1.807) is 14.0 Å². The Bertz CT molecular complexity index is 812. The maximum Gasteiger partial charge on any atom is 0.303 e. The molecule has 4 aliphatic carbocycles. The van der Waals surface area contributed by atoms with E-state index in [0.717, 1.165) is 37.7 Å². The van der Waals surface area contributed by atoms with Crippen molar-refractivity contribution in [3.05, 3.63) is 23.3 Å². The Hall–Kier alpha value is -1.46. The van der Waals surface area contributed by atoms with E-state index in [0.29, 0.717) is 12.3 Å². The van der Waals surface area contributed by atoms with E-state index in [1.807, 2.05) is 0 Å². The smallest absolute Gasteiger partial charge is 0.303 e. The van der Waals surface area contributed by atoms with Crippen LogP contribution in [0.2, 0.25) is 0 Å². The molecule has 0 bridgehead atoms. The molecule has 1 unspecified atom stereocenters. The van der Waals surface area contributed by atoms with Crippen molar-refractivity contribution in [2.75, 3.05) is 13.7 Å². The van der Waals surface area contributed by atoms with E-state index in [-0.39, 0.29) is 47.1 Å². The molecule has 5 nitrogen and oxygen atoms in total. The van der Waals surface area contributed by atoms with Crippen molar-refractivity contribution in [2.24, 2.45) is 28.6 Å². The molecule has 1 N–H and O–H groups in total. The molecule has 2 fully saturated rings. The van der Waals surface area contributed by atoms with Crippen LogP contribution in [0.3, 0.4) is 0 Å². The number of esters is 1. The zero-order chi connectivity index (χ0) is 21.9. The van der Waals surface area contributed by atoms with Gasteiger partial charge in [-0.2, -0.15) is 0 Å². The number of allylic oxidation sites excluding steroid dienone is 1. The highest BCUT2D eigenvalue weighted by Crippen LogP contribution is 2.68. The molecule has 0 aromatic carbocycles. The first-order chi connectivity index (χ1) is 14.1. The zero-order valence-corrected chi connectivity index (χ0v) is 19.0. The highest BCUT2D eigenvalue weighted by molar-refractivity contribution is 5.89. The number of carbonyl (C=O) groups excluding carboxylic acids is 2. The molecule has 0 aromatic rings. The summed E-state index contributed by atoms with van der Waals surface area (Å²) < 4.78 is 11.5. The van der Waals surface area contributed by atoms with Gasteiger partial charge in [0.1, 0.15) is 0 Å². The lowest BCUT2D eigenvalue weighted by atomic mass is 9.47. The maximum atomic E-state index is 12.8. The number of rotatable bonds is 4. The predicted molar refractivity (Wildman–Crippen MR) is 114 cm³/mol. The first-order valence-electron chi connectivity index (χ1n) is 11.4. The fourth-order valence-electron chi connectivity index (χ4n) is 7.77. The molecule has 2 saturated carbocycles. The maximum absolute atomic E-state index is 12.8. The first-order valence-corrected chi connectivity index (χ1v) is 11.4. The molecule has 0 saturated heterocycles. The molecular weight excluding hydrogens is 380 g/mol. The molecule has 30 heavy (non-hydrogen) atoms. The molecule has 5 heteroatoms. The molecule has 0 radical (unpaired) electrons. The second-order valence-electron chi connectivity index (χ2n) is 10.4. The topological polar surface area (TPSA) is 72.8 Å². The lowest BCUT2D eigenvalue weighted by molar-refractivity contribution is -0.185. The van der Waals surface area contributed by atoms with Crippen LogP contribution in [0.15, 0.2) is 23.3 Å². The first kappa shape index (κ1) is 21.8. The van der Waals surface area contributed by atoms with Gasteiger partial charge in [-0.3, -0.25) is 9.59 Å². The predicted octanol–water partition coefficient (Wildman–Crippen LogP) is 3.99. The summed E-state index contributed by atoms with van der Waals surface area (Å²) in [5.41, 5.74) is 0.883. The zero-order valence-electron chi connectivity index (χ0n) is 19.0. The van der Waals surface area contributed by atoms with Crippen molar-refractivity contribution in [3.8, 4) is 0 Å². The number of aliphatic hydroxyl groups excluding tert-OH is 1. The van der Waals surface area contributed by atoms with Crippen molar-refractivity contribution in [1.29, 1.82) is 0 Å². The van der Waals surface area contributed by atoms with Crippen LogP contribution < -0.4 is 0 Å². The molecule has 0 spiro atoms. The van der Waals surface area contributed by atoms with Crippen LogP contribution >= 0.6 is 0 Å². The average molecular weight is 417 g/mol. The van der Waals surface area contributed by atoms with E-state index >= 15 is 0 Å². The van der Waals surface area contributed by atoms with Crippen LogP contribution in [-0.4, -0.2) is 42.3 Å². The minimum atomic E-state index is -1.02. The summed E-state index contributed by atoms with van der Waals surface area (Å²) in [5, 5.41) is 10.2. The van der Waals surface area contributed by atoms with Gasteiger partial charge in [-0.25, -0.2) is 0 Å². The van der Waals surface area contributed by atoms with Gasteiger partial charge in [0.2, 0.25) is 0 Å². The molecule has 0 aliphatic heterocycles.